The van der Waals surface area contributed by atoms with E-state index in [1.165, 1.54) is 51.6 Å². The first kappa shape index (κ1) is 12.4. The van der Waals surface area contributed by atoms with E-state index in [1.54, 1.807) is 0 Å². The van der Waals surface area contributed by atoms with Gasteiger partial charge in [-0.25, -0.2) is 0 Å². The van der Waals surface area contributed by atoms with E-state index >= 15 is 0 Å². The van der Waals surface area contributed by atoms with E-state index in [-0.39, 0.29) is 0 Å². The maximum atomic E-state index is 3.66. The van der Waals surface area contributed by atoms with Crippen molar-refractivity contribution in [3.05, 3.63) is 0 Å². The maximum absolute atomic E-state index is 3.66. The summed E-state index contributed by atoms with van der Waals surface area (Å²) in [5.74, 6) is 1.09. The first-order valence-corrected chi connectivity index (χ1v) is 7.12. The highest BCUT2D eigenvalue weighted by molar-refractivity contribution is 4.89. The quantitative estimate of drug-likeness (QED) is 0.678. The zero-order chi connectivity index (χ0) is 11.4. The molecule has 1 aliphatic carbocycles. The van der Waals surface area contributed by atoms with E-state index in [0.29, 0.717) is 11.5 Å². The van der Waals surface area contributed by atoms with Crippen LogP contribution in [0.15, 0.2) is 0 Å². The first-order valence-electron chi connectivity index (χ1n) is 7.12. The summed E-state index contributed by atoms with van der Waals surface area (Å²) in [5, 5.41) is 7.29. The van der Waals surface area contributed by atoms with Gasteiger partial charge in [0.15, 0.2) is 0 Å². The SMILES string of the molecule is CC1(C)CCCNC1CNCCCC1CC1. The van der Waals surface area contributed by atoms with Crippen LogP contribution in [0.5, 0.6) is 0 Å². The van der Waals surface area contributed by atoms with Gasteiger partial charge < -0.3 is 10.6 Å². The molecule has 2 rings (SSSR count). The Labute approximate surface area is 101 Å². The Hall–Kier alpha value is -0.0800. The van der Waals surface area contributed by atoms with Crippen molar-refractivity contribution in [2.24, 2.45) is 11.3 Å². The molecule has 0 radical (unpaired) electrons. The minimum absolute atomic E-state index is 0.474. The van der Waals surface area contributed by atoms with Crippen molar-refractivity contribution in [1.82, 2.24) is 10.6 Å². The molecular formula is C14H28N2. The van der Waals surface area contributed by atoms with Crippen LogP contribution in [0.1, 0.15) is 52.4 Å². The van der Waals surface area contributed by atoms with Gasteiger partial charge in [0.1, 0.15) is 0 Å². The van der Waals surface area contributed by atoms with Gasteiger partial charge in [0.2, 0.25) is 0 Å². The van der Waals surface area contributed by atoms with E-state index in [2.05, 4.69) is 24.5 Å². The minimum Gasteiger partial charge on any atom is -0.315 e. The fourth-order valence-corrected chi connectivity index (χ4v) is 2.79. The van der Waals surface area contributed by atoms with Crippen LogP contribution in [0.4, 0.5) is 0 Å². The smallest absolute Gasteiger partial charge is 0.0243 e. The number of rotatable bonds is 6. The Morgan fingerprint density at radius 3 is 2.81 bits per heavy atom. The Bertz CT molecular complexity index is 209. The Balaban J connectivity index is 1.56. The zero-order valence-corrected chi connectivity index (χ0v) is 11.0. The number of piperidine rings is 1. The molecule has 0 bridgehead atoms. The Kier molecular flexibility index (Phi) is 4.26. The van der Waals surface area contributed by atoms with Crippen LogP contribution < -0.4 is 10.6 Å². The van der Waals surface area contributed by atoms with Gasteiger partial charge in [-0.05, 0) is 50.1 Å². The van der Waals surface area contributed by atoms with E-state index in [0.717, 1.165) is 12.5 Å². The van der Waals surface area contributed by atoms with Crippen molar-refractivity contribution < 1.29 is 0 Å². The van der Waals surface area contributed by atoms with Gasteiger partial charge in [-0.15, -0.1) is 0 Å². The lowest BCUT2D eigenvalue weighted by Crippen LogP contribution is -2.52. The monoisotopic (exact) mass is 224 g/mol. The molecule has 1 saturated heterocycles. The molecule has 2 aliphatic rings. The third-order valence-corrected chi connectivity index (χ3v) is 4.34. The van der Waals surface area contributed by atoms with Crippen molar-refractivity contribution in [1.29, 1.82) is 0 Å². The highest BCUT2D eigenvalue weighted by Crippen LogP contribution is 2.33. The van der Waals surface area contributed by atoms with Gasteiger partial charge in [-0.1, -0.05) is 26.7 Å². The second-order valence-corrected chi connectivity index (χ2v) is 6.39. The van der Waals surface area contributed by atoms with Crippen LogP contribution >= 0.6 is 0 Å². The molecule has 2 heteroatoms. The predicted molar refractivity (Wildman–Crippen MR) is 69.6 cm³/mol. The second kappa shape index (κ2) is 5.50. The van der Waals surface area contributed by atoms with Gasteiger partial charge >= 0.3 is 0 Å². The van der Waals surface area contributed by atoms with Crippen LogP contribution in [0.25, 0.3) is 0 Å². The fourth-order valence-electron chi connectivity index (χ4n) is 2.79. The highest BCUT2D eigenvalue weighted by Gasteiger charge is 2.31. The van der Waals surface area contributed by atoms with Crippen molar-refractivity contribution in [3.63, 3.8) is 0 Å². The molecule has 1 atom stereocenters. The minimum atomic E-state index is 0.474. The summed E-state index contributed by atoms with van der Waals surface area (Å²) in [6, 6.07) is 0.669. The third kappa shape index (κ3) is 3.74. The predicted octanol–water partition coefficient (Wildman–Crippen LogP) is 2.54. The second-order valence-electron chi connectivity index (χ2n) is 6.39. The number of nitrogens with one attached hydrogen (secondary N) is 2. The van der Waals surface area contributed by atoms with E-state index in [4.69, 9.17) is 0 Å². The molecule has 94 valence electrons. The summed E-state index contributed by atoms with van der Waals surface area (Å²) >= 11 is 0. The lowest BCUT2D eigenvalue weighted by molar-refractivity contribution is 0.176. The van der Waals surface area contributed by atoms with Crippen LogP contribution in [0, 0.1) is 11.3 Å². The molecule has 2 N–H and O–H groups in total. The maximum Gasteiger partial charge on any atom is 0.0243 e. The molecule has 0 aromatic rings. The van der Waals surface area contributed by atoms with Crippen LogP contribution in [-0.4, -0.2) is 25.7 Å². The molecule has 0 amide bonds. The standard InChI is InChI=1S/C14H28N2/c1-14(2)8-4-10-16-13(14)11-15-9-3-5-12-6-7-12/h12-13,15-16H,3-11H2,1-2H3. The van der Waals surface area contributed by atoms with Crippen molar-refractivity contribution >= 4 is 0 Å². The molecule has 0 spiro atoms. The molecule has 2 fully saturated rings. The molecule has 1 saturated carbocycles. The van der Waals surface area contributed by atoms with Gasteiger partial charge in [-0.3, -0.25) is 0 Å². The van der Waals surface area contributed by atoms with E-state index in [1.807, 2.05) is 0 Å². The summed E-state index contributed by atoms with van der Waals surface area (Å²) < 4.78 is 0. The molecular weight excluding hydrogens is 196 g/mol. The molecule has 16 heavy (non-hydrogen) atoms. The number of hydrogen-bond donors (Lipinski definition) is 2. The largest absolute Gasteiger partial charge is 0.315 e. The molecule has 1 aliphatic heterocycles. The average molecular weight is 224 g/mol. The highest BCUT2D eigenvalue weighted by atomic mass is 15.0. The summed E-state index contributed by atoms with van der Waals surface area (Å²) in [6.07, 6.45) is 8.53. The number of hydrogen-bond acceptors (Lipinski definition) is 2. The molecule has 0 aromatic heterocycles. The Morgan fingerprint density at radius 1 is 1.31 bits per heavy atom. The van der Waals surface area contributed by atoms with Gasteiger partial charge in [0, 0.05) is 12.6 Å². The fraction of sp³-hybridized carbons (Fsp3) is 1.00. The summed E-state index contributed by atoms with van der Waals surface area (Å²) in [6.45, 7) is 8.37. The van der Waals surface area contributed by atoms with Gasteiger partial charge in [-0.2, -0.15) is 0 Å². The molecule has 1 heterocycles. The van der Waals surface area contributed by atoms with Crippen LogP contribution in [0.3, 0.4) is 0 Å². The lowest BCUT2D eigenvalue weighted by Gasteiger charge is -2.39. The van der Waals surface area contributed by atoms with E-state index < -0.39 is 0 Å². The van der Waals surface area contributed by atoms with Crippen molar-refractivity contribution in [2.45, 2.75) is 58.4 Å². The molecule has 1 unspecified atom stereocenters. The summed E-state index contributed by atoms with van der Waals surface area (Å²) in [5.41, 5.74) is 0.474. The van der Waals surface area contributed by atoms with Crippen molar-refractivity contribution in [2.75, 3.05) is 19.6 Å². The zero-order valence-electron chi connectivity index (χ0n) is 11.0. The van der Waals surface area contributed by atoms with Gasteiger partial charge in [0.25, 0.3) is 0 Å². The summed E-state index contributed by atoms with van der Waals surface area (Å²) in [7, 11) is 0. The van der Waals surface area contributed by atoms with Gasteiger partial charge in [0.05, 0.1) is 0 Å². The Morgan fingerprint density at radius 2 is 2.12 bits per heavy atom. The molecule has 0 aromatic carbocycles. The first-order chi connectivity index (χ1) is 7.68. The normalized spacial score (nSPS) is 29.2. The third-order valence-electron chi connectivity index (χ3n) is 4.34. The van der Waals surface area contributed by atoms with Crippen LogP contribution in [0.2, 0.25) is 0 Å². The average Bonchev–Trinajstić information content (AvgIpc) is 3.03. The van der Waals surface area contributed by atoms with Crippen LogP contribution in [-0.2, 0) is 0 Å². The lowest BCUT2D eigenvalue weighted by atomic mass is 9.77. The topological polar surface area (TPSA) is 24.1 Å². The van der Waals surface area contributed by atoms with Crippen molar-refractivity contribution in [3.8, 4) is 0 Å². The van der Waals surface area contributed by atoms with E-state index in [9.17, 15) is 0 Å². The summed E-state index contributed by atoms with van der Waals surface area (Å²) in [4.78, 5) is 0. The molecule has 2 nitrogen and oxygen atoms in total.